The van der Waals surface area contributed by atoms with E-state index in [4.69, 9.17) is 21.1 Å². The quantitative estimate of drug-likeness (QED) is 0.361. The van der Waals surface area contributed by atoms with Gasteiger partial charge in [-0.15, -0.1) is 0 Å². The number of ether oxygens (including phenoxy) is 2. The molecule has 3 aromatic rings. The Morgan fingerprint density at radius 3 is 2.19 bits per heavy atom. The number of hydrogen-bond acceptors (Lipinski definition) is 4. The van der Waals surface area contributed by atoms with E-state index in [1.54, 1.807) is 36.3 Å². The second kappa shape index (κ2) is 13.5. The van der Waals surface area contributed by atoms with E-state index < -0.39 is 6.04 Å². The van der Waals surface area contributed by atoms with E-state index in [1.807, 2.05) is 68.4 Å². The molecule has 0 unspecified atom stereocenters. The van der Waals surface area contributed by atoms with Gasteiger partial charge in [0.15, 0.2) is 18.1 Å². The monoisotopic (exact) mass is 508 g/mol. The summed E-state index contributed by atoms with van der Waals surface area (Å²) < 4.78 is 11.2. The van der Waals surface area contributed by atoms with Gasteiger partial charge in [-0.3, -0.25) is 9.59 Å². The van der Waals surface area contributed by atoms with Crippen LogP contribution in [0.5, 0.6) is 11.5 Å². The van der Waals surface area contributed by atoms with Gasteiger partial charge >= 0.3 is 0 Å². The summed E-state index contributed by atoms with van der Waals surface area (Å²) in [5, 5.41) is 3.66. The number of methoxy groups -OCH3 is 1. The molecule has 0 saturated carbocycles. The minimum Gasteiger partial charge on any atom is -0.493 e. The lowest BCUT2D eigenvalue weighted by molar-refractivity contribution is -0.143. The minimum atomic E-state index is -0.731. The van der Waals surface area contributed by atoms with Gasteiger partial charge in [-0.2, -0.15) is 0 Å². The Hall–Kier alpha value is -3.51. The molecule has 36 heavy (non-hydrogen) atoms. The summed E-state index contributed by atoms with van der Waals surface area (Å²) in [5.74, 6) is 0.484. The number of para-hydroxylation sites is 2. The first-order valence-corrected chi connectivity index (χ1v) is 12.4. The van der Waals surface area contributed by atoms with Crippen LogP contribution in [0.1, 0.15) is 31.4 Å². The first-order chi connectivity index (χ1) is 17.4. The zero-order chi connectivity index (χ0) is 25.9. The molecular formula is C29H33ClN2O4. The summed E-state index contributed by atoms with van der Waals surface area (Å²) in [4.78, 5) is 28.7. The average molecular weight is 509 g/mol. The van der Waals surface area contributed by atoms with Crippen molar-refractivity contribution in [2.24, 2.45) is 0 Å². The van der Waals surface area contributed by atoms with Crippen LogP contribution in [0.2, 0.25) is 5.02 Å². The first-order valence-electron chi connectivity index (χ1n) is 12.0. The number of benzene rings is 3. The molecule has 3 aromatic carbocycles. The second-order valence-corrected chi connectivity index (χ2v) is 9.05. The number of amides is 2. The summed E-state index contributed by atoms with van der Waals surface area (Å²) in [5.41, 5.74) is 1.82. The maximum atomic E-state index is 13.6. The van der Waals surface area contributed by atoms with Gasteiger partial charge in [0.2, 0.25) is 5.91 Å². The van der Waals surface area contributed by atoms with E-state index in [-0.39, 0.29) is 31.0 Å². The smallest absolute Gasteiger partial charge is 0.261 e. The molecule has 2 amide bonds. The van der Waals surface area contributed by atoms with Crippen LogP contribution >= 0.6 is 11.6 Å². The maximum Gasteiger partial charge on any atom is 0.261 e. The van der Waals surface area contributed by atoms with Crippen LogP contribution in [0.3, 0.4) is 0 Å². The molecule has 0 aliphatic rings. The Bertz CT molecular complexity index is 1120. The molecule has 2 atom stereocenters. The van der Waals surface area contributed by atoms with E-state index in [9.17, 15) is 9.59 Å². The highest BCUT2D eigenvalue weighted by Crippen LogP contribution is 2.26. The molecule has 7 heteroatoms. The molecule has 0 spiro atoms. The zero-order valence-electron chi connectivity index (χ0n) is 20.9. The Labute approximate surface area is 218 Å². The van der Waals surface area contributed by atoms with Crippen LogP contribution in [0, 0.1) is 0 Å². The van der Waals surface area contributed by atoms with Crippen LogP contribution in [0.4, 0.5) is 0 Å². The van der Waals surface area contributed by atoms with Gasteiger partial charge in [-0.25, -0.2) is 0 Å². The molecule has 0 aromatic heterocycles. The predicted octanol–water partition coefficient (Wildman–Crippen LogP) is 5.28. The fraction of sp³-hybridized carbons (Fsp3) is 0.310. The number of carbonyl (C=O) groups excluding carboxylic acids is 2. The SMILES string of the molecule is CC[C@H](C)NC(=O)[C@@H](Cc1ccccc1)N(Cc1ccc(Cl)cc1)C(=O)COc1ccccc1OC. The van der Waals surface area contributed by atoms with E-state index in [2.05, 4.69) is 5.32 Å². The van der Waals surface area contributed by atoms with Crippen molar-refractivity contribution >= 4 is 23.4 Å². The number of nitrogens with zero attached hydrogens (tertiary/aromatic N) is 1. The third-order valence-corrected chi connectivity index (χ3v) is 6.21. The molecule has 190 valence electrons. The van der Waals surface area contributed by atoms with E-state index in [0.29, 0.717) is 22.9 Å². The molecular weight excluding hydrogens is 476 g/mol. The number of carbonyl (C=O) groups is 2. The molecule has 0 aliphatic carbocycles. The zero-order valence-corrected chi connectivity index (χ0v) is 21.7. The molecule has 3 rings (SSSR count). The predicted molar refractivity (Wildman–Crippen MR) is 142 cm³/mol. The fourth-order valence-corrected chi connectivity index (χ4v) is 3.87. The van der Waals surface area contributed by atoms with Crippen molar-refractivity contribution in [3.8, 4) is 11.5 Å². The van der Waals surface area contributed by atoms with Crippen LogP contribution in [-0.4, -0.2) is 42.5 Å². The van der Waals surface area contributed by atoms with E-state index in [1.165, 1.54) is 0 Å². The highest BCUT2D eigenvalue weighted by Gasteiger charge is 2.31. The van der Waals surface area contributed by atoms with Gasteiger partial charge in [0.25, 0.3) is 5.91 Å². The van der Waals surface area contributed by atoms with Gasteiger partial charge in [0.1, 0.15) is 6.04 Å². The molecule has 0 fully saturated rings. The molecule has 0 saturated heterocycles. The van der Waals surface area contributed by atoms with E-state index >= 15 is 0 Å². The molecule has 6 nitrogen and oxygen atoms in total. The maximum absolute atomic E-state index is 13.6. The number of hydrogen-bond donors (Lipinski definition) is 1. The number of nitrogens with one attached hydrogen (secondary N) is 1. The lowest BCUT2D eigenvalue weighted by atomic mass is 10.0. The molecule has 1 N–H and O–H groups in total. The van der Waals surface area contributed by atoms with Crippen molar-refractivity contribution in [2.45, 2.75) is 45.3 Å². The highest BCUT2D eigenvalue weighted by molar-refractivity contribution is 6.30. The standard InChI is InChI=1S/C29H33ClN2O4/c1-4-21(2)31-29(34)25(18-22-10-6-5-7-11-22)32(19-23-14-16-24(30)17-15-23)28(33)20-36-27-13-9-8-12-26(27)35-3/h5-17,21,25H,4,18-20H2,1-3H3,(H,31,34)/t21-,25+/m0/s1. The Morgan fingerprint density at radius 1 is 0.917 bits per heavy atom. The molecule has 0 bridgehead atoms. The van der Waals surface area contributed by atoms with Crippen LogP contribution in [0.15, 0.2) is 78.9 Å². The summed E-state index contributed by atoms with van der Waals surface area (Å²) in [6.07, 6.45) is 1.16. The van der Waals surface area contributed by atoms with Crippen molar-refractivity contribution in [1.29, 1.82) is 0 Å². The highest BCUT2D eigenvalue weighted by atomic mass is 35.5. The first kappa shape index (κ1) is 27.1. The average Bonchev–Trinajstić information content (AvgIpc) is 2.90. The minimum absolute atomic E-state index is 0.0203. The Morgan fingerprint density at radius 2 is 1.56 bits per heavy atom. The van der Waals surface area contributed by atoms with Gasteiger partial charge in [0, 0.05) is 24.0 Å². The number of halogens is 1. The lowest BCUT2D eigenvalue weighted by Crippen LogP contribution is -2.53. The molecule has 0 radical (unpaired) electrons. The van der Waals surface area contributed by atoms with Crippen molar-refractivity contribution in [1.82, 2.24) is 10.2 Å². The lowest BCUT2D eigenvalue weighted by Gasteiger charge is -2.32. The Balaban J connectivity index is 1.92. The molecule has 0 aliphatic heterocycles. The van der Waals surface area contributed by atoms with Gasteiger partial charge in [-0.1, -0.05) is 73.1 Å². The van der Waals surface area contributed by atoms with Crippen LogP contribution in [-0.2, 0) is 22.6 Å². The third-order valence-electron chi connectivity index (χ3n) is 5.96. The van der Waals surface area contributed by atoms with Crippen molar-refractivity contribution < 1.29 is 19.1 Å². The summed E-state index contributed by atoms with van der Waals surface area (Å²) >= 11 is 6.07. The second-order valence-electron chi connectivity index (χ2n) is 8.61. The summed E-state index contributed by atoms with van der Waals surface area (Å²) in [7, 11) is 1.55. The van der Waals surface area contributed by atoms with Gasteiger partial charge in [0.05, 0.1) is 7.11 Å². The third kappa shape index (κ3) is 7.75. The Kier molecular flexibility index (Phi) is 10.2. The normalized spacial score (nSPS) is 12.3. The topological polar surface area (TPSA) is 67.9 Å². The van der Waals surface area contributed by atoms with Crippen molar-refractivity contribution in [2.75, 3.05) is 13.7 Å². The van der Waals surface area contributed by atoms with Crippen molar-refractivity contribution in [3.63, 3.8) is 0 Å². The molecule has 0 heterocycles. The van der Waals surface area contributed by atoms with E-state index in [0.717, 1.165) is 17.5 Å². The van der Waals surface area contributed by atoms with Crippen LogP contribution in [0.25, 0.3) is 0 Å². The summed E-state index contributed by atoms with van der Waals surface area (Å²) in [6, 6.07) is 23.4. The number of rotatable bonds is 12. The van der Waals surface area contributed by atoms with Crippen molar-refractivity contribution in [3.05, 3.63) is 95.0 Å². The largest absolute Gasteiger partial charge is 0.493 e. The van der Waals surface area contributed by atoms with Gasteiger partial charge < -0.3 is 19.7 Å². The summed E-state index contributed by atoms with van der Waals surface area (Å²) in [6.45, 7) is 3.95. The van der Waals surface area contributed by atoms with Crippen LogP contribution < -0.4 is 14.8 Å². The fourth-order valence-electron chi connectivity index (χ4n) is 3.74. The van der Waals surface area contributed by atoms with Gasteiger partial charge in [-0.05, 0) is 48.7 Å².